The quantitative estimate of drug-likeness (QED) is 0.453. The summed E-state index contributed by atoms with van der Waals surface area (Å²) < 4.78 is 5.97. The number of hydrogen-bond acceptors (Lipinski definition) is 1. The van der Waals surface area contributed by atoms with E-state index >= 15 is 0 Å². The molecule has 0 N–H and O–H groups in total. The van der Waals surface area contributed by atoms with Crippen LogP contribution in [0.5, 0.6) is 0 Å². The van der Waals surface area contributed by atoms with E-state index in [1.54, 1.807) is 0 Å². The number of para-hydroxylation sites is 1. The van der Waals surface area contributed by atoms with Crippen LogP contribution in [0.4, 0.5) is 0 Å². The lowest BCUT2D eigenvalue weighted by atomic mass is 10.0. The topological polar surface area (TPSA) is 13.1 Å². The molecule has 0 aliphatic carbocycles. The number of furan rings is 1. The van der Waals surface area contributed by atoms with E-state index in [9.17, 15) is 0 Å². The molecule has 0 spiro atoms. The lowest BCUT2D eigenvalue weighted by molar-refractivity contribution is 0.668. The van der Waals surface area contributed by atoms with E-state index in [1.165, 1.54) is 0 Å². The van der Waals surface area contributed by atoms with Crippen molar-refractivity contribution in [2.45, 2.75) is 6.92 Å². The van der Waals surface area contributed by atoms with Crippen molar-refractivity contribution in [3.05, 3.63) is 84.6 Å². The standard InChI is InChI=1S/C20H14O/c1-4-8-14(2)13-15(3)16-10-7-11-18-17-9-5-6-12-19(17)21-20(16)18/h5-6,8-9,11-13H,1,3H2,2H3. The summed E-state index contributed by atoms with van der Waals surface area (Å²) in [5, 5.41) is 2.12. The molecule has 0 fully saturated rings. The first-order valence-corrected chi connectivity index (χ1v) is 6.67. The Balaban J connectivity index is 2.22. The Morgan fingerprint density at radius 3 is 2.90 bits per heavy atom. The third-order valence-corrected chi connectivity index (χ3v) is 3.33. The summed E-state index contributed by atoms with van der Waals surface area (Å²) in [5.41, 5.74) is 7.11. The van der Waals surface area contributed by atoms with E-state index in [1.807, 2.05) is 49.4 Å². The minimum atomic E-state index is 0.798. The molecule has 0 radical (unpaired) electrons. The first-order chi connectivity index (χ1) is 10.2. The van der Waals surface area contributed by atoms with Crippen molar-refractivity contribution in [2.24, 2.45) is 0 Å². The highest BCUT2D eigenvalue weighted by Crippen LogP contribution is 2.32. The van der Waals surface area contributed by atoms with Crippen molar-refractivity contribution in [1.82, 2.24) is 0 Å². The van der Waals surface area contributed by atoms with Crippen LogP contribution in [0.15, 0.2) is 71.4 Å². The lowest BCUT2D eigenvalue weighted by Crippen LogP contribution is -1.80. The molecule has 1 heterocycles. The fraction of sp³-hybridized carbons (Fsp3) is 0.0500. The molecule has 0 amide bonds. The Bertz CT molecular complexity index is 915. The second-order valence-electron chi connectivity index (χ2n) is 4.89. The molecular formula is C20H14O. The summed E-state index contributed by atoms with van der Waals surface area (Å²) in [4.78, 5) is 0. The van der Waals surface area contributed by atoms with E-state index in [0.717, 1.165) is 38.6 Å². The summed E-state index contributed by atoms with van der Waals surface area (Å²) in [6.07, 6.45) is 3.78. The molecule has 0 bridgehead atoms. The molecule has 1 aromatic heterocycles. The van der Waals surface area contributed by atoms with E-state index in [-0.39, 0.29) is 0 Å². The van der Waals surface area contributed by atoms with Crippen LogP contribution in [-0.4, -0.2) is 0 Å². The third kappa shape index (κ3) is 2.30. The molecule has 3 rings (SSSR count). The lowest BCUT2D eigenvalue weighted by Gasteiger charge is -1.99. The molecule has 0 unspecified atom stereocenters. The van der Waals surface area contributed by atoms with Gasteiger partial charge in [0, 0.05) is 16.8 Å². The van der Waals surface area contributed by atoms with E-state index in [2.05, 4.69) is 31.0 Å². The largest absolute Gasteiger partial charge is 0.455 e. The molecule has 2 aromatic carbocycles. The molecule has 100 valence electrons. The van der Waals surface area contributed by atoms with Gasteiger partial charge in [-0.15, -0.1) is 5.73 Å². The second-order valence-corrected chi connectivity index (χ2v) is 4.89. The van der Waals surface area contributed by atoms with Crippen LogP contribution < -0.4 is 0 Å². The smallest absolute Gasteiger partial charge is 0.152 e. The zero-order valence-electron chi connectivity index (χ0n) is 11.9. The van der Waals surface area contributed by atoms with Crippen molar-refractivity contribution in [3.8, 4) is 0 Å². The van der Waals surface area contributed by atoms with Crippen LogP contribution in [0.2, 0.25) is 0 Å². The zero-order valence-corrected chi connectivity index (χ0v) is 11.9. The van der Waals surface area contributed by atoms with E-state index in [4.69, 9.17) is 4.42 Å². The van der Waals surface area contributed by atoms with Gasteiger partial charge in [-0.1, -0.05) is 49.6 Å². The van der Waals surface area contributed by atoms with Gasteiger partial charge in [-0.3, -0.25) is 0 Å². The van der Waals surface area contributed by atoms with E-state index < -0.39 is 0 Å². The van der Waals surface area contributed by atoms with Crippen molar-refractivity contribution >= 4 is 27.5 Å². The highest BCUT2D eigenvalue weighted by Gasteiger charge is 2.11. The number of allylic oxidation sites excluding steroid dienone is 4. The first-order valence-electron chi connectivity index (χ1n) is 6.67. The molecular weight excluding hydrogens is 256 g/mol. The maximum atomic E-state index is 5.97. The average Bonchev–Trinajstić information content (AvgIpc) is 2.85. The van der Waals surface area contributed by atoms with Gasteiger partial charge >= 0.3 is 0 Å². The van der Waals surface area contributed by atoms with Crippen LogP contribution in [0.1, 0.15) is 12.5 Å². The number of benzene rings is 1. The summed E-state index contributed by atoms with van der Waals surface area (Å²) >= 11 is 0. The van der Waals surface area contributed by atoms with Crippen molar-refractivity contribution in [3.63, 3.8) is 0 Å². The molecule has 0 saturated carbocycles. The van der Waals surface area contributed by atoms with Gasteiger partial charge in [0.15, 0.2) is 5.58 Å². The second kappa shape index (κ2) is 5.21. The normalized spacial score (nSPS) is 11.2. The zero-order chi connectivity index (χ0) is 14.8. The van der Waals surface area contributed by atoms with Crippen molar-refractivity contribution in [2.75, 3.05) is 0 Å². The summed E-state index contributed by atoms with van der Waals surface area (Å²) in [5.74, 6) is 0. The predicted octanol–water partition coefficient (Wildman–Crippen LogP) is 5.49. The van der Waals surface area contributed by atoms with Crippen molar-refractivity contribution < 1.29 is 4.42 Å². The highest BCUT2D eigenvalue weighted by atomic mass is 16.3. The summed E-state index contributed by atoms with van der Waals surface area (Å²) in [6.45, 7) is 9.67. The molecule has 0 aliphatic rings. The highest BCUT2D eigenvalue weighted by molar-refractivity contribution is 6.08. The van der Waals surface area contributed by atoms with E-state index in [0.29, 0.717) is 0 Å². The minimum absolute atomic E-state index is 0.798. The predicted molar refractivity (Wildman–Crippen MR) is 87.9 cm³/mol. The van der Waals surface area contributed by atoms with Gasteiger partial charge in [-0.05, 0) is 30.2 Å². The summed E-state index contributed by atoms with van der Waals surface area (Å²) in [6, 6.07) is 16.0. The van der Waals surface area contributed by atoms with Gasteiger partial charge in [0.1, 0.15) is 5.58 Å². The van der Waals surface area contributed by atoms with Crippen LogP contribution in [0.25, 0.3) is 27.5 Å². The molecule has 1 nitrogen and oxygen atoms in total. The van der Waals surface area contributed by atoms with Crippen LogP contribution in [-0.2, 0) is 0 Å². The maximum Gasteiger partial charge on any atom is 0.152 e. The Labute approximate surface area is 124 Å². The summed E-state index contributed by atoms with van der Waals surface area (Å²) in [7, 11) is 0. The Morgan fingerprint density at radius 1 is 1.29 bits per heavy atom. The maximum absolute atomic E-state index is 5.97. The number of rotatable bonds is 3. The van der Waals surface area contributed by atoms with Gasteiger partial charge in [0.2, 0.25) is 0 Å². The molecule has 1 heteroatoms. The Kier molecular flexibility index (Phi) is 3.24. The van der Waals surface area contributed by atoms with Crippen LogP contribution in [0, 0.1) is 12.1 Å². The van der Waals surface area contributed by atoms with Crippen LogP contribution in [0.3, 0.4) is 0 Å². The molecule has 0 saturated heterocycles. The fourth-order valence-corrected chi connectivity index (χ4v) is 2.41. The first kappa shape index (κ1) is 13.1. The molecule has 21 heavy (non-hydrogen) atoms. The molecule has 0 aliphatic heterocycles. The number of fused-ring (bicyclic) bond motifs is 3. The monoisotopic (exact) mass is 270 g/mol. The van der Waals surface area contributed by atoms with Gasteiger partial charge in [-0.25, -0.2) is 0 Å². The van der Waals surface area contributed by atoms with Crippen LogP contribution >= 0.6 is 0 Å². The Hall–Kier alpha value is -2.94. The van der Waals surface area contributed by atoms with Gasteiger partial charge in [0.25, 0.3) is 0 Å². The van der Waals surface area contributed by atoms with Gasteiger partial charge < -0.3 is 4.42 Å². The third-order valence-electron chi connectivity index (χ3n) is 3.33. The molecule has 0 atom stereocenters. The number of hydrogen-bond donors (Lipinski definition) is 0. The molecule has 3 aromatic rings. The minimum Gasteiger partial charge on any atom is -0.455 e. The Morgan fingerprint density at radius 2 is 2.10 bits per heavy atom. The SMILES string of the molecule is C=C=CC(C)=CC(=C)c1c#ccc2c1oc1ccccc12. The van der Waals surface area contributed by atoms with Gasteiger partial charge in [-0.2, -0.15) is 0 Å². The van der Waals surface area contributed by atoms with Gasteiger partial charge in [0.05, 0.1) is 5.56 Å². The average molecular weight is 270 g/mol. The van der Waals surface area contributed by atoms with Crippen molar-refractivity contribution in [1.29, 1.82) is 0 Å². The fourth-order valence-electron chi connectivity index (χ4n) is 2.41.